The molecule has 0 unspecified atom stereocenters. The highest BCUT2D eigenvalue weighted by molar-refractivity contribution is 6.08. The van der Waals surface area contributed by atoms with E-state index in [0.29, 0.717) is 6.54 Å². The lowest BCUT2D eigenvalue weighted by Crippen LogP contribution is -2.28. The molecule has 3 heteroatoms. The smallest absolute Gasteiger partial charge is 0.135 e. The van der Waals surface area contributed by atoms with E-state index in [-0.39, 0.29) is 0 Å². The summed E-state index contributed by atoms with van der Waals surface area (Å²) in [5, 5.41) is 7.73. The molecule has 72 heavy (non-hydrogen) atoms. The van der Waals surface area contributed by atoms with Crippen LogP contribution in [0.15, 0.2) is 246 Å². The number of fused-ring (bicyclic) bond motifs is 6. The van der Waals surface area contributed by atoms with Gasteiger partial charge in [0, 0.05) is 17.0 Å². The number of rotatable bonds is 8. The van der Waals surface area contributed by atoms with Crippen molar-refractivity contribution in [2.75, 3.05) is 0 Å². The molecule has 0 fully saturated rings. The molecule has 12 rings (SSSR count). The zero-order valence-corrected chi connectivity index (χ0v) is 41.9. The Kier molecular flexibility index (Phi) is 14.8. The zero-order valence-electron chi connectivity index (χ0n) is 41.9. The van der Waals surface area contributed by atoms with Crippen molar-refractivity contribution in [3.63, 3.8) is 0 Å². The predicted octanol–water partition coefficient (Wildman–Crippen LogP) is 18.5. The van der Waals surface area contributed by atoms with Crippen molar-refractivity contribution in [3.05, 3.63) is 287 Å². The number of hydrogen-bond acceptors (Lipinski definition) is 3. The minimum absolute atomic E-state index is 0.428. The molecule has 0 radical (unpaired) electrons. The Bertz CT molecular complexity index is 3590. The number of hydrogen-bond donors (Lipinski definition) is 1. The summed E-state index contributed by atoms with van der Waals surface area (Å²) in [5.41, 5.74) is 22.4. The van der Waals surface area contributed by atoms with E-state index in [0.717, 1.165) is 44.2 Å². The summed E-state index contributed by atoms with van der Waals surface area (Å²) >= 11 is 0. The molecule has 352 valence electrons. The van der Waals surface area contributed by atoms with Crippen molar-refractivity contribution in [3.8, 4) is 44.5 Å². The lowest BCUT2D eigenvalue weighted by atomic mass is 9.67. The molecule has 1 aromatic heterocycles. The third-order valence-electron chi connectivity index (χ3n) is 13.8. The van der Waals surface area contributed by atoms with Crippen LogP contribution >= 0.6 is 0 Å². The summed E-state index contributed by atoms with van der Waals surface area (Å²) in [6, 6.07) is 85.2. The molecule has 1 aliphatic rings. The molecular weight excluding hydrogens is 873 g/mol. The summed E-state index contributed by atoms with van der Waals surface area (Å²) in [7, 11) is 0. The van der Waals surface area contributed by atoms with Crippen LogP contribution in [0.5, 0.6) is 0 Å². The van der Waals surface area contributed by atoms with Crippen molar-refractivity contribution in [2.24, 2.45) is 4.99 Å². The van der Waals surface area contributed by atoms with Gasteiger partial charge in [0.05, 0.1) is 12.0 Å². The van der Waals surface area contributed by atoms with Crippen LogP contribution in [0.25, 0.3) is 66.4 Å². The Morgan fingerprint density at radius 1 is 0.458 bits per heavy atom. The van der Waals surface area contributed by atoms with Gasteiger partial charge in [0.15, 0.2) is 0 Å². The molecule has 0 saturated carbocycles. The molecule has 0 aliphatic heterocycles. The zero-order chi connectivity index (χ0) is 50.0. The van der Waals surface area contributed by atoms with E-state index in [1.54, 1.807) is 0 Å². The number of furan rings is 1. The molecule has 0 amide bonds. The number of nitrogens with one attached hydrogen (secondary N) is 1. The lowest BCUT2D eigenvalue weighted by molar-refractivity contribution is 0.668. The Morgan fingerprint density at radius 2 is 0.986 bits per heavy atom. The highest BCUT2D eigenvalue weighted by atomic mass is 16.3. The maximum absolute atomic E-state index is 6.41. The van der Waals surface area contributed by atoms with Gasteiger partial charge in [-0.25, -0.2) is 0 Å². The summed E-state index contributed by atoms with van der Waals surface area (Å²) < 4.78 is 6.41. The average Bonchev–Trinajstić information content (AvgIpc) is 3.97. The van der Waals surface area contributed by atoms with Crippen LogP contribution in [0.2, 0.25) is 0 Å². The van der Waals surface area contributed by atoms with E-state index < -0.39 is 5.41 Å². The van der Waals surface area contributed by atoms with Crippen LogP contribution in [0, 0.1) is 26.2 Å². The first-order valence-corrected chi connectivity index (χ1v) is 24.9. The molecule has 1 N–H and O–H groups in total. The van der Waals surface area contributed by atoms with E-state index in [4.69, 9.17) is 14.8 Å². The van der Waals surface area contributed by atoms with Crippen molar-refractivity contribution in [1.29, 1.82) is 5.41 Å². The van der Waals surface area contributed by atoms with E-state index in [2.05, 4.69) is 246 Å². The Hall–Kier alpha value is -8.66. The fraction of sp³-hybridized carbons (Fsp3) is 0.101. The SMILES string of the molecule is C=N.CC.Cc1ccccc1.Cc1ccccc1-c1cccc(C=NCc2cccc3oc4ccc(-c5ccc(-c6ccc7c(c6)C(c6ccccc6)(c6ccccc6)c6ccccc6-7)cc5)cc4c23)c1C. The third-order valence-corrected chi connectivity index (χ3v) is 13.8. The summed E-state index contributed by atoms with van der Waals surface area (Å²) in [5.74, 6) is 0. The Balaban J connectivity index is 0.000000527. The van der Waals surface area contributed by atoms with E-state index in [1.165, 1.54) is 72.3 Å². The second-order valence-corrected chi connectivity index (χ2v) is 17.9. The van der Waals surface area contributed by atoms with Gasteiger partial charge in [-0.1, -0.05) is 232 Å². The minimum atomic E-state index is -0.428. The predicted molar refractivity (Wildman–Crippen MR) is 307 cm³/mol. The van der Waals surface area contributed by atoms with Crippen LogP contribution in [0.1, 0.15) is 63.9 Å². The third kappa shape index (κ3) is 9.26. The standard InChI is InChI=1S/C59H43NO.C7H8.C2H6.CH3N/c1-39-15-9-10-22-49(39)50-24-13-16-45(40(50)2)37-60-38-46-17-14-26-57-58(46)53-35-43(32-34-56(53)61-57)41-27-29-42(30-28-41)44-31-33-52-51-23-11-12-25-54(51)59(55(52)36-44,47-18-5-3-6-19-47)48-20-7-4-8-21-48;1-7-5-3-2-4-6-7;2*1-2/h3-37H,38H2,1-2H3;2-6H,1H3;1-2H3;2H,1H2. The fourth-order valence-electron chi connectivity index (χ4n) is 10.4. The topological polar surface area (TPSA) is 49.4 Å². The summed E-state index contributed by atoms with van der Waals surface area (Å²) in [4.78, 5) is 5.00. The summed E-state index contributed by atoms with van der Waals surface area (Å²) in [6.45, 7) is 13.5. The molecule has 0 bridgehead atoms. The molecule has 3 nitrogen and oxygen atoms in total. The van der Waals surface area contributed by atoms with Crippen molar-refractivity contribution >= 4 is 34.9 Å². The van der Waals surface area contributed by atoms with Gasteiger partial charge >= 0.3 is 0 Å². The van der Waals surface area contributed by atoms with Crippen LogP contribution in [-0.2, 0) is 12.0 Å². The first kappa shape index (κ1) is 48.4. The van der Waals surface area contributed by atoms with E-state index in [9.17, 15) is 0 Å². The number of aliphatic imine (C=N–C) groups is 1. The van der Waals surface area contributed by atoms with Crippen LogP contribution in [0.3, 0.4) is 0 Å². The quantitative estimate of drug-likeness (QED) is 0.152. The fourth-order valence-corrected chi connectivity index (χ4v) is 10.4. The molecule has 0 atom stereocenters. The van der Waals surface area contributed by atoms with E-state index >= 15 is 0 Å². The largest absolute Gasteiger partial charge is 0.456 e. The first-order chi connectivity index (χ1) is 35.5. The van der Waals surface area contributed by atoms with Crippen molar-refractivity contribution in [1.82, 2.24) is 0 Å². The van der Waals surface area contributed by atoms with Gasteiger partial charge in [0.2, 0.25) is 0 Å². The summed E-state index contributed by atoms with van der Waals surface area (Å²) in [6.07, 6.45) is 2.02. The van der Waals surface area contributed by atoms with Gasteiger partial charge in [-0.3, -0.25) is 4.99 Å². The Morgan fingerprint density at radius 3 is 1.62 bits per heavy atom. The van der Waals surface area contributed by atoms with Crippen LogP contribution in [-0.4, -0.2) is 12.9 Å². The number of benzene rings is 10. The second kappa shape index (κ2) is 22.0. The van der Waals surface area contributed by atoms with Gasteiger partial charge < -0.3 is 9.83 Å². The van der Waals surface area contributed by atoms with Crippen LogP contribution < -0.4 is 0 Å². The minimum Gasteiger partial charge on any atom is -0.456 e. The molecule has 11 aromatic rings. The van der Waals surface area contributed by atoms with Gasteiger partial charge in [0.25, 0.3) is 0 Å². The highest BCUT2D eigenvalue weighted by Crippen LogP contribution is 2.56. The van der Waals surface area contributed by atoms with Crippen molar-refractivity contribution in [2.45, 2.75) is 46.6 Å². The molecule has 10 aromatic carbocycles. The lowest BCUT2D eigenvalue weighted by Gasteiger charge is -2.34. The normalized spacial score (nSPS) is 11.9. The molecule has 0 spiro atoms. The first-order valence-electron chi connectivity index (χ1n) is 24.9. The second-order valence-electron chi connectivity index (χ2n) is 17.9. The monoisotopic (exact) mass is 932 g/mol. The van der Waals surface area contributed by atoms with Gasteiger partial charge in [-0.05, 0) is 141 Å². The highest BCUT2D eigenvalue weighted by Gasteiger charge is 2.46. The molecular formula is C69H60N2O. The molecule has 1 heterocycles. The van der Waals surface area contributed by atoms with Gasteiger partial charge in [0.1, 0.15) is 11.2 Å². The number of nitrogens with zero attached hydrogens (tertiary/aromatic N) is 1. The van der Waals surface area contributed by atoms with Crippen LogP contribution in [0.4, 0.5) is 0 Å². The number of aryl methyl sites for hydroxylation is 2. The maximum atomic E-state index is 6.41. The maximum Gasteiger partial charge on any atom is 0.135 e. The van der Waals surface area contributed by atoms with Crippen molar-refractivity contribution < 1.29 is 4.42 Å². The average molecular weight is 933 g/mol. The van der Waals surface area contributed by atoms with E-state index in [1.807, 2.05) is 38.3 Å². The molecule has 1 aliphatic carbocycles. The van der Waals surface area contributed by atoms with Gasteiger partial charge in [-0.2, -0.15) is 0 Å². The Labute approximate surface area is 425 Å². The van der Waals surface area contributed by atoms with Gasteiger partial charge in [-0.15, -0.1) is 0 Å². The molecule has 0 saturated heterocycles.